The second-order valence-corrected chi connectivity index (χ2v) is 7.58. The number of ether oxygens (including phenoxy) is 3. The van der Waals surface area contributed by atoms with Crippen molar-refractivity contribution in [1.29, 1.82) is 0 Å². The fraction of sp³-hybridized carbons (Fsp3) is 0.154. The van der Waals surface area contributed by atoms with Crippen molar-refractivity contribution in [1.82, 2.24) is 0 Å². The highest BCUT2D eigenvalue weighted by Gasteiger charge is 2.12. The Labute approximate surface area is 190 Å². The molecule has 0 bridgehead atoms. The van der Waals surface area contributed by atoms with Crippen molar-refractivity contribution in [2.24, 2.45) is 0 Å². The molecule has 0 aliphatic carbocycles. The molecule has 0 saturated heterocycles. The van der Waals surface area contributed by atoms with Crippen LogP contribution in [0.5, 0.6) is 23.0 Å². The van der Waals surface area contributed by atoms with Gasteiger partial charge in [-0.1, -0.05) is 6.07 Å². The number of amides is 1. The molecule has 0 radical (unpaired) electrons. The van der Waals surface area contributed by atoms with Gasteiger partial charge in [0.1, 0.15) is 29.1 Å². The number of anilines is 1. The van der Waals surface area contributed by atoms with Crippen molar-refractivity contribution >= 4 is 22.6 Å². The molecule has 1 N–H and O–H groups in total. The number of rotatable bonds is 7. The highest BCUT2D eigenvalue weighted by Crippen LogP contribution is 2.25. The van der Waals surface area contributed by atoms with Gasteiger partial charge in [-0.15, -0.1) is 0 Å². The minimum Gasteiger partial charge on any atom is -0.497 e. The van der Waals surface area contributed by atoms with E-state index in [1.54, 1.807) is 49.6 Å². The van der Waals surface area contributed by atoms with Crippen molar-refractivity contribution < 1.29 is 23.4 Å². The first-order valence-electron chi connectivity index (χ1n) is 10.3. The maximum atomic E-state index is 12.8. The predicted molar refractivity (Wildman–Crippen MR) is 126 cm³/mol. The number of methoxy groups -OCH3 is 1. The largest absolute Gasteiger partial charge is 0.497 e. The molecule has 168 valence electrons. The monoisotopic (exact) mass is 445 g/mol. The van der Waals surface area contributed by atoms with Crippen LogP contribution in [0.1, 0.15) is 11.1 Å². The van der Waals surface area contributed by atoms with Gasteiger partial charge in [0.15, 0.2) is 6.61 Å². The first kappa shape index (κ1) is 22.0. The summed E-state index contributed by atoms with van der Waals surface area (Å²) in [6.45, 7) is 3.72. The number of carbonyl (C=O) groups excluding carboxylic acids is 1. The van der Waals surface area contributed by atoms with Gasteiger partial charge in [0.2, 0.25) is 11.2 Å². The number of nitrogens with one attached hydrogen (secondary N) is 1. The lowest BCUT2D eigenvalue weighted by atomic mass is 10.1. The molecule has 0 fully saturated rings. The zero-order valence-electron chi connectivity index (χ0n) is 18.5. The maximum absolute atomic E-state index is 12.8. The molecule has 0 atom stereocenters. The standard InChI is InChI=1S/C26H23NO6/c1-16-10-17(2)12-21(11-16)33-24-14-32-23-13-20(8-9-22(23)26(24)29)31-15-25(28)27-18-4-6-19(30-3)7-5-18/h4-14H,15H2,1-3H3,(H,27,28). The van der Waals surface area contributed by atoms with Crippen LogP contribution in [-0.4, -0.2) is 19.6 Å². The van der Waals surface area contributed by atoms with Crippen molar-refractivity contribution in [3.8, 4) is 23.0 Å². The normalized spacial score (nSPS) is 10.6. The average molecular weight is 445 g/mol. The summed E-state index contributed by atoms with van der Waals surface area (Å²) in [5, 5.41) is 3.09. The number of hydrogen-bond donors (Lipinski definition) is 1. The van der Waals surface area contributed by atoms with Crippen LogP contribution in [0.3, 0.4) is 0 Å². The Balaban J connectivity index is 1.44. The lowest BCUT2D eigenvalue weighted by Gasteiger charge is -2.10. The highest BCUT2D eigenvalue weighted by atomic mass is 16.5. The Morgan fingerprint density at radius 1 is 0.909 bits per heavy atom. The molecule has 0 spiro atoms. The molecule has 7 heteroatoms. The molecule has 0 aliphatic rings. The minimum atomic E-state index is -0.320. The number of hydrogen-bond acceptors (Lipinski definition) is 6. The topological polar surface area (TPSA) is 87.0 Å². The van der Waals surface area contributed by atoms with Crippen LogP contribution in [0.15, 0.2) is 76.1 Å². The Morgan fingerprint density at radius 2 is 1.61 bits per heavy atom. The van der Waals surface area contributed by atoms with Gasteiger partial charge >= 0.3 is 0 Å². The molecule has 0 unspecified atom stereocenters. The third-order valence-electron chi connectivity index (χ3n) is 4.88. The van der Waals surface area contributed by atoms with Gasteiger partial charge in [-0.05, 0) is 73.5 Å². The van der Waals surface area contributed by atoms with Crippen LogP contribution in [0.25, 0.3) is 11.0 Å². The lowest BCUT2D eigenvalue weighted by molar-refractivity contribution is -0.118. The first-order valence-corrected chi connectivity index (χ1v) is 10.3. The molecule has 3 aromatic carbocycles. The van der Waals surface area contributed by atoms with Crippen molar-refractivity contribution in [2.75, 3.05) is 19.0 Å². The fourth-order valence-electron chi connectivity index (χ4n) is 3.39. The van der Waals surface area contributed by atoms with E-state index < -0.39 is 0 Å². The zero-order valence-corrected chi connectivity index (χ0v) is 18.5. The number of aryl methyl sites for hydroxylation is 2. The Bertz CT molecular complexity index is 1340. The van der Waals surface area contributed by atoms with Gasteiger partial charge < -0.3 is 23.9 Å². The molecule has 4 aromatic rings. The van der Waals surface area contributed by atoms with Crippen LogP contribution in [0.4, 0.5) is 5.69 Å². The molecule has 1 heterocycles. The quantitative estimate of drug-likeness (QED) is 0.419. The number of carbonyl (C=O) groups is 1. The van der Waals surface area contributed by atoms with Crippen LogP contribution in [-0.2, 0) is 4.79 Å². The van der Waals surface area contributed by atoms with E-state index in [1.807, 2.05) is 32.0 Å². The van der Waals surface area contributed by atoms with Gasteiger partial charge in [0, 0.05) is 11.8 Å². The van der Waals surface area contributed by atoms with Gasteiger partial charge in [0.25, 0.3) is 5.91 Å². The summed E-state index contributed by atoms with van der Waals surface area (Å²) < 4.78 is 22.0. The summed E-state index contributed by atoms with van der Waals surface area (Å²) in [7, 11) is 1.58. The predicted octanol–water partition coefficient (Wildman–Crippen LogP) is 5.23. The van der Waals surface area contributed by atoms with Gasteiger partial charge in [-0.3, -0.25) is 9.59 Å². The van der Waals surface area contributed by atoms with E-state index in [9.17, 15) is 9.59 Å². The van der Waals surface area contributed by atoms with Crippen LogP contribution in [0, 0.1) is 13.8 Å². The molecule has 0 saturated carbocycles. The molecular weight excluding hydrogens is 422 g/mol. The summed E-state index contributed by atoms with van der Waals surface area (Å²) in [5.41, 5.74) is 2.74. The average Bonchev–Trinajstić information content (AvgIpc) is 2.79. The number of fused-ring (bicyclic) bond motifs is 1. The summed E-state index contributed by atoms with van der Waals surface area (Å²) in [5.74, 6) is 1.45. The van der Waals surface area contributed by atoms with E-state index in [4.69, 9.17) is 18.6 Å². The summed E-state index contributed by atoms with van der Waals surface area (Å²) >= 11 is 0. The van der Waals surface area contributed by atoms with E-state index in [1.165, 1.54) is 6.26 Å². The van der Waals surface area contributed by atoms with E-state index in [2.05, 4.69) is 5.32 Å². The van der Waals surface area contributed by atoms with Crippen molar-refractivity contribution in [2.45, 2.75) is 13.8 Å². The zero-order chi connectivity index (χ0) is 23.4. The second-order valence-electron chi connectivity index (χ2n) is 7.58. The third-order valence-corrected chi connectivity index (χ3v) is 4.88. The van der Waals surface area contributed by atoms with Crippen molar-refractivity contribution in [3.05, 3.63) is 88.3 Å². The molecular formula is C26H23NO6. The van der Waals surface area contributed by atoms with Crippen molar-refractivity contribution in [3.63, 3.8) is 0 Å². The number of benzene rings is 3. The third kappa shape index (κ3) is 5.33. The highest BCUT2D eigenvalue weighted by molar-refractivity contribution is 5.92. The first-order chi connectivity index (χ1) is 15.9. The molecule has 33 heavy (non-hydrogen) atoms. The van der Waals surface area contributed by atoms with Gasteiger partial charge in [-0.25, -0.2) is 0 Å². The molecule has 7 nitrogen and oxygen atoms in total. The van der Waals surface area contributed by atoms with E-state index in [0.717, 1.165) is 11.1 Å². The molecule has 1 aromatic heterocycles. The SMILES string of the molecule is COc1ccc(NC(=O)COc2ccc3c(=O)c(Oc4cc(C)cc(C)c4)coc3c2)cc1. The smallest absolute Gasteiger partial charge is 0.262 e. The minimum absolute atomic E-state index is 0.0973. The van der Waals surface area contributed by atoms with Gasteiger partial charge in [0.05, 0.1) is 12.5 Å². The lowest BCUT2D eigenvalue weighted by Crippen LogP contribution is -2.20. The van der Waals surface area contributed by atoms with Crippen LogP contribution < -0.4 is 25.0 Å². The van der Waals surface area contributed by atoms with Crippen LogP contribution in [0.2, 0.25) is 0 Å². The Kier molecular flexibility index (Phi) is 6.31. The summed E-state index contributed by atoms with van der Waals surface area (Å²) in [6.07, 6.45) is 1.28. The Morgan fingerprint density at radius 3 is 2.30 bits per heavy atom. The fourth-order valence-corrected chi connectivity index (χ4v) is 3.39. The summed E-state index contributed by atoms with van der Waals surface area (Å²) in [4.78, 5) is 25.0. The van der Waals surface area contributed by atoms with E-state index >= 15 is 0 Å². The molecule has 4 rings (SSSR count). The van der Waals surface area contributed by atoms with E-state index in [-0.39, 0.29) is 23.7 Å². The molecule has 1 amide bonds. The van der Waals surface area contributed by atoms with Gasteiger partial charge in [-0.2, -0.15) is 0 Å². The van der Waals surface area contributed by atoms with E-state index in [0.29, 0.717) is 33.9 Å². The second kappa shape index (κ2) is 9.48. The van der Waals surface area contributed by atoms with Crippen LogP contribution >= 0.6 is 0 Å². The summed E-state index contributed by atoms with van der Waals surface area (Å²) in [6, 6.07) is 17.5. The Hall–Kier alpha value is -4.26. The molecule has 0 aliphatic heterocycles. The maximum Gasteiger partial charge on any atom is 0.262 e.